The van der Waals surface area contributed by atoms with Crippen LogP contribution in [-0.4, -0.2) is 18.0 Å². The molecule has 23 heavy (non-hydrogen) atoms. The topological polar surface area (TPSA) is 70.6 Å². The Kier molecular flexibility index (Phi) is 6.54. The molecule has 118 valence electrons. The number of carbonyl (C=O) groups is 2. The second kappa shape index (κ2) is 8.64. The van der Waals surface area contributed by atoms with Crippen molar-refractivity contribution in [3.63, 3.8) is 0 Å². The molecule has 0 saturated heterocycles. The van der Waals surface area contributed by atoms with E-state index in [1.165, 1.54) is 6.21 Å². The van der Waals surface area contributed by atoms with Gasteiger partial charge in [-0.15, -0.1) is 0 Å². The van der Waals surface area contributed by atoms with E-state index in [4.69, 9.17) is 11.6 Å². The first kappa shape index (κ1) is 17.4. The second-order valence-corrected chi connectivity index (χ2v) is 6.24. The van der Waals surface area contributed by atoms with Gasteiger partial charge in [-0.05, 0) is 58.0 Å². The van der Waals surface area contributed by atoms with Gasteiger partial charge in [-0.25, -0.2) is 5.43 Å². The fraction of sp³-hybridized carbons (Fsp3) is 0.0625. The molecule has 0 spiro atoms. The van der Waals surface area contributed by atoms with E-state index < -0.39 is 11.8 Å². The van der Waals surface area contributed by atoms with Crippen molar-refractivity contribution in [3.8, 4) is 0 Å². The van der Waals surface area contributed by atoms with E-state index in [1.807, 2.05) is 24.3 Å². The van der Waals surface area contributed by atoms with Gasteiger partial charge in [-0.1, -0.05) is 35.9 Å². The highest BCUT2D eigenvalue weighted by Crippen LogP contribution is 2.09. The number of nitrogens with one attached hydrogen (secondary N) is 2. The Bertz CT molecular complexity index is 715. The Morgan fingerprint density at radius 3 is 2.35 bits per heavy atom. The van der Waals surface area contributed by atoms with Crippen LogP contribution >= 0.6 is 34.2 Å². The number of rotatable bonds is 4. The first-order chi connectivity index (χ1) is 11.0. The maximum atomic E-state index is 11.6. The van der Waals surface area contributed by atoms with Crippen LogP contribution in [0.25, 0.3) is 0 Å². The van der Waals surface area contributed by atoms with Gasteiger partial charge in [-0.2, -0.15) is 5.10 Å². The van der Waals surface area contributed by atoms with Crippen molar-refractivity contribution < 1.29 is 9.59 Å². The number of halogens is 2. The number of hydrogen-bond donors (Lipinski definition) is 2. The molecule has 7 heteroatoms. The summed E-state index contributed by atoms with van der Waals surface area (Å²) in [7, 11) is 0. The highest BCUT2D eigenvalue weighted by Gasteiger charge is 2.11. The molecule has 0 heterocycles. The Labute approximate surface area is 152 Å². The highest BCUT2D eigenvalue weighted by molar-refractivity contribution is 14.1. The average molecular weight is 442 g/mol. The summed E-state index contributed by atoms with van der Waals surface area (Å²) in [6.07, 6.45) is 1.47. The van der Waals surface area contributed by atoms with Gasteiger partial charge in [-0.3, -0.25) is 9.59 Å². The quantitative estimate of drug-likeness (QED) is 0.331. The zero-order valence-corrected chi connectivity index (χ0v) is 14.8. The Morgan fingerprint density at radius 2 is 1.70 bits per heavy atom. The minimum Gasteiger partial charge on any atom is -0.344 e. The van der Waals surface area contributed by atoms with Gasteiger partial charge >= 0.3 is 11.8 Å². The molecule has 5 nitrogen and oxygen atoms in total. The Morgan fingerprint density at radius 1 is 1.04 bits per heavy atom. The molecule has 0 unspecified atom stereocenters. The van der Waals surface area contributed by atoms with Crippen molar-refractivity contribution in [1.29, 1.82) is 0 Å². The van der Waals surface area contributed by atoms with Gasteiger partial charge < -0.3 is 5.32 Å². The Balaban J connectivity index is 1.79. The normalized spacial score (nSPS) is 10.5. The van der Waals surface area contributed by atoms with Crippen LogP contribution in [-0.2, 0) is 16.1 Å². The third-order valence-corrected chi connectivity index (χ3v) is 3.79. The summed E-state index contributed by atoms with van der Waals surface area (Å²) in [5.74, 6) is -1.57. The van der Waals surface area contributed by atoms with Gasteiger partial charge in [0.15, 0.2) is 0 Å². The van der Waals surface area contributed by atoms with Crippen molar-refractivity contribution in [2.24, 2.45) is 5.10 Å². The minimum absolute atomic E-state index is 0.240. The van der Waals surface area contributed by atoms with Gasteiger partial charge in [0.25, 0.3) is 0 Å². The van der Waals surface area contributed by atoms with Crippen LogP contribution in [0.3, 0.4) is 0 Å². The van der Waals surface area contributed by atoms with E-state index in [0.29, 0.717) is 5.02 Å². The van der Waals surface area contributed by atoms with Crippen LogP contribution in [0.2, 0.25) is 5.02 Å². The van der Waals surface area contributed by atoms with Crippen LogP contribution in [0.15, 0.2) is 53.6 Å². The monoisotopic (exact) mass is 441 g/mol. The summed E-state index contributed by atoms with van der Waals surface area (Å²) in [5, 5.41) is 6.87. The molecule has 2 N–H and O–H groups in total. The molecule has 0 bridgehead atoms. The standard InChI is InChI=1S/C16H13ClIN3O2/c17-13-5-1-11(2-6-13)9-19-15(22)16(23)21-20-10-12-3-7-14(18)8-4-12/h1-8,10H,9H2,(H,19,22)(H,21,23)/b20-10-. The molecule has 2 aromatic carbocycles. The van der Waals surface area contributed by atoms with Crippen LogP contribution in [0.4, 0.5) is 0 Å². The van der Waals surface area contributed by atoms with E-state index in [0.717, 1.165) is 14.7 Å². The molecule has 0 aliphatic heterocycles. The number of nitrogens with zero attached hydrogens (tertiary/aromatic N) is 1. The molecule has 2 rings (SSSR count). The summed E-state index contributed by atoms with van der Waals surface area (Å²) in [4.78, 5) is 23.2. The van der Waals surface area contributed by atoms with Crippen molar-refractivity contribution >= 4 is 52.2 Å². The lowest BCUT2D eigenvalue weighted by Crippen LogP contribution is -2.37. The number of benzene rings is 2. The fourth-order valence-corrected chi connectivity index (χ4v) is 2.12. The number of carbonyl (C=O) groups excluding carboxylic acids is 2. The summed E-state index contributed by atoms with van der Waals surface area (Å²) in [5.41, 5.74) is 3.86. The van der Waals surface area contributed by atoms with Crippen LogP contribution in [0.5, 0.6) is 0 Å². The molecular weight excluding hydrogens is 429 g/mol. The average Bonchev–Trinajstić information content (AvgIpc) is 2.55. The summed E-state index contributed by atoms with van der Waals surface area (Å²) < 4.78 is 1.10. The minimum atomic E-state index is -0.819. The second-order valence-electron chi connectivity index (χ2n) is 4.56. The van der Waals surface area contributed by atoms with Crippen molar-refractivity contribution in [2.75, 3.05) is 0 Å². The molecule has 2 amide bonds. The maximum absolute atomic E-state index is 11.6. The SMILES string of the molecule is O=C(NCc1ccc(Cl)cc1)C(=O)N/N=C\c1ccc(I)cc1. The molecule has 0 aliphatic carbocycles. The van der Waals surface area contributed by atoms with E-state index in [-0.39, 0.29) is 6.54 Å². The summed E-state index contributed by atoms with van der Waals surface area (Å²) >= 11 is 7.97. The van der Waals surface area contributed by atoms with E-state index in [9.17, 15) is 9.59 Å². The largest absolute Gasteiger partial charge is 0.344 e. The van der Waals surface area contributed by atoms with E-state index in [2.05, 4.69) is 38.4 Å². The first-order valence-electron chi connectivity index (χ1n) is 6.66. The highest BCUT2D eigenvalue weighted by atomic mass is 127. The molecule has 0 fully saturated rings. The van der Waals surface area contributed by atoms with Crippen molar-refractivity contribution in [2.45, 2.75) is 6.54 Å². The zero-order valence-electron chi connectivity index (χ0n) is 11.9. The molecule has 0 saturated carbocycles. The lowest BCUT2D eigenvalue weighted by Gasteiger charge is -2.04. The molecule has 0 atom stereocenters. The van der Waals surface area contributed by atoms with Crippen LogP contribution < -0.4 is 10.7 Å². The molecule has 2 aromatic rings. The third kappa shape index (κ3) is 5.99. The summed E-state index contributed by atoms with van der Waals surface area (Å²) in [6, 6.07) is 14.5. The van der Waals surface area contributed by atoms with Gasteiger partial charge in [0, 0.05) is 15.1 Å². The van der Waals surface area contributed by atoms with Crippen LogP contribution in [0.1, 0.15) is 11.1 Å². The lowest BCUT2D eigenvalue weighted by molar-refractivity contribution is -0.139. The van der Waals surface area contributed by atoms with E-state index >= 15 is 0 Å². The van der Waals surface area contributed by atoms with Crippen LogP contribution in [0, 0.1) is 3.57 Å². The lowest BCUT2D eigenvalue weighted by atomic mass is 10.2. The molecule has 0 radical (unpaired) electrons. The predicted octanol–water partition coefficient (Wildman–Crippen LogP) is 2.71. The number of hydrazone groups is 1. The molecule has 0 aromatic heterocycles. The van der Waals surface area contributed by atoms with Crippen molar-refractivity contribution in [1.82, 2.24) is 10.7 Å². The maximum Gasteiger partial charge on any atom is 0.329 e. The molecule has 0 aliphatic rings. The van der Waals surface area contributed by atoms with E-state index in [1.54, 1.807) is 24.3 Å². The summed E-state index contributed by atoms with van der Waals surface area (Å²) in [6.45, 7) is 0.240. The fourth-order valence-electron chi connectivity index (χ4n) is 1.63. The number of amides is 2. The smallest absolute Gasteiger partial charge is 0.329 e. The number of hydrogen-bond acceptors (Lipinski definition) is 3. The molecular formula is C16H13ClIN3O2. The zero-order chi connectivity index (χ0) is 16.7. The van der Waals surface area contributed by atoms with Crippen molar-refractivity contribution in [3.05, 3.63) is 68.3 Å². The first-order valence-corrected chi connectivity index (χ1v) is 8.11. The predicted molar refractivity (Wildman–Crippen MR) is 98.2 cm³/mol. The Hall–Kier alpha value is -1.93. The van der Waals surface area contributed by atoms with Gasteiger partial charge in [0.1, 0.15) is 0 Å². The van der Waals surface area contributed by atoms with Gasteiger partial charge in [0.2, 0.25) is 0 Å². The third-order valence-electron chi connectivity index (χ3n) is 2.82. The van der Waals surface area contributed by atoms with Gasteiger partial charge in [0.05, 0.1) is 6.21 Å².